The topological polar surface area (TPSA) is 110 Å². The molecule has 2 amide bonds. The summed E-state index contributed by atoms with van der Waals surface area (Å²) in [4.78, 5) is 31.9. The van der Waals surface area contributed by atoms with Crippen LogP contribution in [0.4, 0.5) is 4.79 Å². The Morgan fingerprint density at radius 1 is 1.02 bits per heavy atom. The number of ether oxygens (including phenoxy) is 3. The minimum absolute atomic E-state index is 0.164. The predicted octanol–water partition coefficient (Wildman–Crippen LogP) is 5.41. The first-order valence-corrected chi connectivity index (χ1v) is 13.6. The standard InChI is InChI=1S/C31H41N3O6/c1-7-38-29(39-8-2)21(3)34(20-24-11-9-10-23-19-32-17-16-26(23)24)28(35)27(33-30(36)37)18-22-12-14-25(15-13-22)40-31(4,5)6/h9-17,19,21,27,29,33H,7-8,18,20H2,1-6H3,(H,36,37)/t21-,27-/m0/s1. The maximum Gasteiger partial charge on any atom is 0.405 e. The molecule has 0 saturated heterocycles. The molecule has 2 atom stereocenters. The van der Waals surface area contributed by atoms with Crippen LogP contribution in [0.25, 0.3) is 10.8 Å². The molecule has 0 unspecified atom stereocenters. The number of fused-ring (bicyclic) bond motifs is 1. The summed E-state index contributed by atoms with van der Waals surface area (Å²) in [6.07, 6.45) is 1.69. The molecule has 0 aliphatic rings. The van der Waals surface area contributed by atoms with E-state index in [1.165, 1.54) is 0 Å². The number of hydrogen-bond acceptors (Lipinski definition) is 6. The molecule has 3 aromatic rings. The molecule has 216 valence electrons. The third kappa shape index (κ3) is 8.66. The monoisotopic (exact) mass is 551 g/mol. The molecule has 0 saturated carbocycles. The lowest BCUT2D eigenvalue weighted by molar-refractivity contribution is -0.179. The Morgan fingerprint density at radius 3 is 2.30 bits per heavy atom. The van der Waals surface area contributed by atoms with Gasteiger partial charge in [-0.2, -0.15) is 0 Å². The van der Waals surface area contributed by atoms with Crippen molar-refractivity contribution < 1.29 is 28.9 Å². The predicted molar refractivity (Wildman–Crippen MR) is 154 cm³/mol. The van der Waals surface area contributed by atoms with Crippen LogP contribution in [-0.2, 0) is 27.2 Å². The Kier molecular flexibility index (Phi) is 10.9. The van der Waals surface area contributed by atoms with E-state index in [0.717, 1.165) is 21.9 Å². The molecule has 0 aliphatic carbocycles. The second-order valence-electron chi connectivity index (χ2n) is 10.6. The van der Waals surface area contributed by atoms with E-state index in [2.05, 4.69) is 10.3 Å². The summed E-state index contributed by atoms with van der Waals surface area (Å²) in [5, 5.41) is 14.0. The lowest BCUT2D eigenvalue weighted by Crippen LogP contribution is -2.55. The molecule has 1 aromatic heterocycles. The molecule has 2 aromatic carbocycles. The Morgan fingerprint density at radius 2 is 1.70 bits per heavy atom. The van der Waals surface area contributed by atoms with E-state index in [0.29, 0.717) is 19.0 Å². The average molecular weight is 552 g/mol. The molecule has 0 aliphatic heterocycles. The van der Waals surface area contributed by atoms with E-state index in [9.17, 15) is 14.7 Å². The number of carbonyl (C=O) groups excluding carboxylic acids is 1. The van der Waals surface area contributed by atoms with Crippen molar-refractivity contribution in [3.05, 3.63) is 72.1 Å². The minimum atomic E-state index is -1.28. The van der Waals surface area contributed by atoms with Gasteiger partial charge in [-0.1, -0.05) is 30.3 Å². The van der Waals surface area contributed by atoms with Crippen LogP contribution in [0.3, 0.4) is 0 Å². The first-order chi connectivity index (χ1) is 19.0. The highest BCUT2D eigenvalue weighted by Crippen LogP contribution is 2.24. The largest absolute Gasteiger partial charge is 0.488 e. The molecule has 9 nitrogen and oxygen atoms in total. The summed E-state index contributed by atoms with van der Waals surface area (Å²) in [5.74, 6) is 0.322. The van der Waals surface area contributed by atoms with Gasteiger partial charge in [-0.25, -0.2) is 4.79 Å². The Bertz CT molecular complexity index is 1250. The van der Waals surface area contributed by atoms with Crippen molar-refractivity contribution in [2.75, 3.05) is 13.2 Å². The lowest BCUT2D eigenvalue weighted by atomic mass is 10.0. The van der Waals surface area contributed by atoms with Crippen molar-refractivity contribution in [1.82, 2.24) is 15.2 Å². The van der Waals surface area contributed by atoms with Gasteiger partial charge in [-0.3, -0.25) is 9.78 Å². The summed E-state index contributed by atoms with van der Waals surface area (Å²) in [7, 11) is 0. The van der Waals surface area contributed by atoms with Crippen molar-refractivity contribution in [2.45, 2.75) is 78.5 Å². The van der Waals surface area contributed by atoms with Crippen molar-refractivity contribution in [3.63, 3.8) is 0 Å². The number of nitrogens with zero attached hydrogens (tertiary/aromatic N) is 2. The summed E-state index contributed by atoms with van der Waals surface area (Å²) < 4.78 is 17.6. The average Bonchev–Trinajstić information content (AvgIpc) is 2.90. The van der Waals surface area contributed by atoms with Crippen molar-refractivity contribution in [3.8, 4) is 5.75 Å². The zero-order valence-electron chi connectivity index (χ0n) is 24.2. The molecule has 2 N–H and O–H groups in total. The number of amides is 2. The van der Waals surface area contributed by atoms with Crippen LogP contribution in [-0.4, -0.2) is 64.2 Å². The molecule has 40 heavy (non-hydrogen) atoms. The van der Waals surface area contributed by atoms with Crippen LogP contribution in [0.5, 0.6) is 5.75 Å². The van der Waals surface area contributed by atoms with E-state index < -0.39 is 24.5 Å². The normalized spacial score (nSPS) is 13.2. The fourth-order valence-electron chi connectivity index (χ4n) is 4.57. The van der Waals surface area contributed by atoms with Crippen molar-refractivity contribution in [2.24, 2.45) is 0 Å². The van der Waals surface area contributed by atoms with E-state index in [-0.39, 0.29) is 24.5 Å². The summed E-state index contributed by atoms with van der Waals surface area (Å²) in [6.45, 7) is 12.5. The molecule has 0 bridgehead atoms. The lowest BCUT2D eigenvalue weighted by Gasteiger charge is -2.36. The summed E-state index contributed by atoms with van der Waals surface area (Å²) >= 11 is 0. The van der Waals surface area contributed by atoms with Crippen molar-refractivity contribution >= 4 is 22.8 Å². The maximum absolute atomic E-state index is 14.2. The van der Waals surface area contributed by atoms with Gasteiger partial charge in [0.2, 0.25) is 5.91 Å². The molecule has 1 heterocycles. The van der Waals surface area contributed by atoms with Gasteiger partial charge in [-0.15, -0.1) is 0 Å². The number of benzene rings is 2. The van der Waals surface area contributed by atoms with Crippen LogP contribution < -0.4 is 10.1 Å². The van der Waals surface area contributed by atoms with Crippen LogP contribution in [0.1, 0.15) is 52.7 Å². The molecular formula is C31H41N3O6. The number of nitrogens with one attached hydrogen (secondary N) is 1. The number of pyridine rings is 1. The van der Waals surface area contributed by atoms with Crippen molar-refractivity contribution in [1.29, 1.82) is 0 Å². The Labute approximate surface area is 236 Å². The summed E-state index contributed by atoms with van der Waals surface area (Å²) in [6, 6.07) is 13.6. The molecule has 0 fully saturated rings. The highest BCUT2D eigenvalue weighted by molar-refractivity contribution is 5.88. The first kappa shape index (κ1) is 30.8. The SMILES string of the molecule is CCOC(OCC)[C@H](C)N(Cc1cccc2cnccc12)C(=O)[C@H](Cc1ccc(OC(C)(C)C)cc1)NC(=O)O. The highest BCUT2D eigenvalue weighted by Gasteiger charge is 2.34. The molecular weight excluding hydrogens is 510 g/mol. The smallest absolute Gasteiger partial charge is 0.405 e. The van der Waals surface area contributed by atoms with Gasteiger partial charge in [0.25, 0.3) is 0 Å². The molecule has 0 spiro atoms. The number of aromatic nitrogens is 1. The maximum atomic E-state index is 14.2. The van der Waals surface area contributed by atoms with Gasteiger partial charge in [0.15, 0.2) is 6.29 Å². The second kappa shape index (κ2) is 14.1. The van der Waals surface area contributed by atoms with E-state index in [1.54, 1.807) is 17.3 Å². The van der Waals surface area contributed by atoms with Gasteiger partial charge in [-0.05, 0) is 76.3 Å². The third-order valence-electron chi connectivity index (χ3n) is 6.33. The second-order valence-corrected chi connectivity index (χ2v) is 10.6. The van der Waals surface area contributed by atoms with E-state index in [1.807, 2.05) is 90.1 Å². The minimum Gasteiger partial charge on any atom is -0.488 e. The van der Waals surface area contributed by atoms with Gasteiger partial charge in [0.1, 0.15) is 17.4 Å². The highest BCUT2D eigenvalue weighted by atomic mass is 16.7. The molecule has 3 rings (SSSR count). The third-order valence-corrected chi connectivity index (χ3v) is 6.33. The van der Waals surface area contributed by atoms with Gasteiger partial charge in [0.05, 0.1) is 6.04 Å². The first-order valence-electron chi connectivity index (χ1n) is 13.6. The Balaban J connectivity index is 1.96. The number of carbonyl (C=O) groups is 2. The van der Waals surface area contributed by atoms with Crippen LogP contribution in [0.2, 0.25) is 0 Å². The number of carboxylic acid groups (broad SMARTS) is 1. The Hall–Kier alpha value is -3.69. The fraction of sp³-hybridized carbons (Fsp3) is 0.452. The van der Waals surface area contributed by atoms with Gasteiger partial charge >= 0.3 is 6.09 Å². The summed E-state index contributed by atoms with van der Waals surface area (Å²) in [5.41, 5.74) is 1.35. The number of hydrogen-bond donors (Lipinski definition) is 2. The number of rotatable bonds is 13. The zero-order valence-corrected chi connectivity index (χ0v) is 24.2. The van der Waals surface area contributed by atoms with Crippen LogP contribution in [0.15, 0.2) is 60.9 Å². The van der Waals surface area contributed by atoms with Crippen LogP contribution in [0, 0.1) is 0 Å². The zero-order chi connectivity index (χ0) is 29.3. The van der Waals surface area contributed by atoms with E-state index in [4.69, 9.17) is 14.2 Å². The van der Waals surface area contributed by atoms with Gasteiger partial charge < -0.3 is 29.5 Å². The van der Waals surface area contributed by atoms with Gasteiger partial charge in [0, 0.05) is 44.0 Å². The fourth-order valence-corrected chi connectivity index (χ4v) is 4.57. The molecule has 0 radical (unpaired) electrons. The molecule has 9 heteroatoms. The van der Waals surface area contributed by atoms with Crippen LogP contribution >= 0.6 is 0 Å². The quantitative estimate of drug-likeness (QED) is 0.274. The van der Waals surface area contributed by atoms with E-state index >= 15 is 0 Å².